The molecule has 1 N–H and O–H groups in total. The maximum Gasteiger partial charge on any atom is 0.410 e. The fraction of sp³-hybridized carbons (Fsp3) is 0.737. The van der Waals surface area contributed by atoms with E-state index >= 15 is 0 Å². The Morgan fingerprint density at radius 2 is 1.86 bits per heavy atom. The summed E-state index contributed by atoms with van der Waals surface area (Å²) in [6.45, 7) is 6.89. The smallest absolute Gasteiger partial charge is 0.410 e. The van der Waals surface area contributed by atoms with E-state index in [4.69, 9.17) is 9.47 Å². The Labute approximate surface area is 169 Å². The zero-order chi connectivity index (χ0) is 21.8. The number of nitrogens with zero attached hydrogens (tertiary/aromatic N) is 2. The van der Waals surface area contributed by atoms with Crippen LogP contribution in [0.4, 0.5) is 4.79 Å². The van der Waals surface area contributed by atoms with Gasteiger partial charge in [-0.3, -0.25) is 29.0 Å². The van der Waals surface area contributed by atoms with Gasteiger partial charge in [-0.2, -0.15) is 0 Å². The molecule has 2 aliphatic heterocycles. The number of imide groups is 1. The molecule has 2 fully saturated rings. The summed E-state index contributed by atoms with van der Waals surface area (Å²) in [6.07, 6.45) is 0.684. The Balaban J connectivity index is 2.01. The molecule has 10 nitrogen and oxygen atoms in total. The molecular formula is C19H29N3O7. The highest BCUT2D eigenvalue weighted by atomic mass is 16.6. The van der Waals surface area contributed by atoms with Crippen molar-refractivity contribution in [1.29, 1.82) is 0 Å². The molecule has 162 valence electrons. The molecule has 0 radical (unpaired) electrons. The number of amides is 4. The summed E-state index contributed by atoms with van der Waals surface area (Å²) in [4.78, 5) is 63.6. The van der Waals surface area contributed by atoms with Crippen LogP contribution in [0.5, 0.6) is 0 Å². The predicted molar refractivity (Wildman–Crippen MR) is 100 cm³/mol. The third-order valence-electron chi connectivity index (χ3n) is 4.60. The molecule has 0 aromatic heterocycles. The van der Waals surface area contributed by atoms with E-state index in [9.17, 15) is 24.0 Å². The number of piperidine rings is 1. The number of carbonyl (C=O) groups excluding carboxylic acids is 5. The molecule has 10 heteroatoms. The summed E-state index contributed by atoms with van der Waals surface area (Å²) < 4.78 is 10.1. The van der Waals surface area contributed by atoms with Crippen LogP contribution in [0.3, 0.4) is 0 Å². The predicted octanol–water partition coefficient (Wildman–Crippen LogP) is 0.583. The van der Waals surface area contributed by atoms with Crippen LogP contribution in [0.1, 0.15) is 53.4 Å². The van der Waals surface area contributed by atoms with E-state index in [-0.39, 0.29) is 19.4 Å². The van der Waals surface area contributed by atoms with Crippen LogP contribution in [-0.4, -0.2) is 77.0 Å². The highest BCUT2D eigenvalue weighted by molar-refractivity contribution is 6.04. The first-order chi connectivity index (χ1) is 13.5. The van der Waals surface area contributed by atoms with Crippen LogP contribution in [0, 0.1) is 0 Å². The number of carbonyl (C=O) groups is 5. The Morgan fingerprint density at radius 1 is 1.17 bits per heavy atom. The lowest BCUT2D eigenvalue weighted by atomic mass is 10.0. The normalized spacial score (nSPS) is 22.5. The fourth-order valence-corrected chi connectivity index (χ4v) is 3.32. The SMILES string of the molecule is CCOC(=O)CN1C(=O)CC[C@H](NC(=O)[C@@H]2CCCN2C(=O)OC(C)(C)C)C1=O. The van der Waals surface area contributed by atoms with Crippen LogP contribution in [-0.2, 0) is 28.7 Å². The van der Waals surface area contributed by atoms with E-state index in [1.807, 2.05) is 0 Å². The lowest BCUT2D eigenvalue weighted by Gasteiger charge is -2.32. The van der Waals surface area contributed by atoms with Crippen molar-refractivity contribution in [2.45, 2.75) is 71.1 Å². The summed E-state index contributed by atoms with van der Waals surface area (Å²) >= 11 is 0. The maximum absolute atomic E-state index is 12.7. The van der Waals surface area contributed by atoms with Crippen LogP contribution < -0.4 is 5.32 Å². The van der Waals surface area contributed by atoms with Crippen LogP contribution in [0.15, 0.2) is 0 Å². The summed E-state index contributed by atoms with van der Waals surface area (Å²) in [5.74, 6) is -2.29. The Hall–Kier alpha value is -2.65. The third kappa shape index (κ3) is 5.91. The van der Waals surface area contributed by atoms with Gasteiger partial charge in [0.25, 0.3) is 5.91 Å². The second-order valence-corrected chi connectivity index (χ2v) is 8.05. The van der Waals surface area contributed by atoms with Gasteiger partial charge in [0, 0.05) is 13.0 Å². The first kappa shape index (κ1) is 22.6. The number of hydrogen-bond acceptors (Lipinski definition) is 7. The van der Waals surface area contributed by atoms with Crippen molar-refractivity contribution in [3.63, 3.8) is 0 Å². The number of ether oxygens (including phenoxy) is 2. The van der Waals surface area contributed by atoms with E-state index in [0.29, 0.717) is 19.4 Å². The van der Waals surface area contributed by atoms with E-state index < -0.39 is 54.0 Å². The number of rotatable bonds is 5. The van der Waals surface area contributed by atoms with Gasteiger partial charge in [0.2, 0.25) is 11.8 Å². The average molecular weight is 411 g/mol. The first-order valence-electron chi connectivity index (χ1n) is 9.83. The van der Waals surface area contributed by atoms with Gasteiger partial charge in [-0.25, -0.2) is 4.79 Å². The summed E-state index contributed by atoms with van der Waals surface area (Å²) in [6, 6.07) is -1.68. The second kappa shape index (κ2) is 9.23. The molecule has 4 amide bonds. The number of nitrogens with one attached hydrogen (secondary N) is 1. The van der Waals surface area contributed by atoms with Crippen LogP contribution >= 0.6 is 0 Å². The van der Waals surface area contributed by atoms with Crippen molar-refractivity contribution in [2.24, 2.45) is 0 Å². The summed E-state index contributed by atoms with van der Waals surface area (Å²) in [7, 11) is 0. The second-order valence-electron chi connectivity index (χ2n) is 8.05. The molecule has 2 aliphatic rings. The van der Waals surface area contributed by atoms with Crippen LogP contribution in [0.25, 0.3) is 0 Å². The van der Waals surface area contributed by atoms with Crippen molar-refractivity contribution in [1.82, 2.24) is 15.1 Å². The number of hydrogen-bond donors (Lipinski definition) is 1. The van der Waals surface area contributed by atoms with Crippen molar-refractivity contribution in [3.05, 3.63) is 0 Å². The molecule has 2 rings (SSSR count). The number of esters is 1. The molecule has 0 saturated carbocycles. The molecular weight excluding hydrogens is 382 g/mol. The van der Waals surface area contributed by atoms with Crippen molar-refractivity contribution < 1.29 is 33.4 Å². The molecule has 2 atom stereocenters. The fourth-order valence-electron chi connectivity index (χ4n) is 3.32. The van der Waals surface area contributed by atoms with Gasteiger partial charge < -0.3 is 14.8 Å². The minimum atomic E-state index is -0.935. The van der Waals surface area contributed by atoms with E-state index in [1.54, 1.807) is 27.7 Å². The Kier molecular flexibility index (Phi) is 7.21. The summed E-state index contributed by atoms with van der Waals surface area (Å²) in [5.41, 5.74) is -0.687. The Bertz CT molecular complexity index is 686. The maximum atomic E-state index is 12.7. The van der Waals surface area contributed by atoms with E-state index in [1.165, 1.54) is 4.90 Å². The number of likely N-dealkylation sites (tertiary alicyclic amines) is 2. The highest BCUT2D eigenvalue weighted by Crippen LogP contribution is 2.22. The highest BCUT2D eigenvalue weighted by Gasteiger charge is 2.41. The quantitative estimate of drug-likeness (QED) is 0.519. The molecule has 29 heavy (non-hydrogen) atoms. The van der Waals surface area contributed by atoms with Gasteiger partial charge in [0.05, 0.1) is 6.61 Å². The minimum absolute atomic E-state index is 0.0243. The molecule has 2 heterocycles. The first-order valence-corrected chi connectivity index (χ1v) is 9.83. The van der Waals surface area contributed by atoms with Crippen LogP contribution in [0.2, 0.25) is 0 Å². The van der Waals surface area contributed by atoms with Crippen molar-refractivity contribution in [2.75, 3.05) is 19.7 Å². The van der Waals surface area contributed by atoms with Gasteiger partial charge in [-0.15, -0.1) is 0 Å². The zero-order valence-electron chi connectivity index (χ0n) is 17.4. The van der Waals surface area contributed by atoms with Gasteiger partial charge in [0.15, 0.2) is 0 Å². The minimum Gasteiger partial charge on any atom is -0.465 e. The average Bonchev–Trinajstić information content (AvgIpc) is 3.10. The van der Waals surface area contributed by atoms with Gasteiger partial charge in [-0.1, -0.05) is 0 Å². The molecule has 0 spiro atoms. The van der Waals surface area contributed by atoms with E-state index in [0.717, 1.165) is 4.90 Å². The van der Waals surface area contributed by atoms with Gasteiger partial charge >= 0.3 is 12.1 Å². The van der Waals surface area contributed by atoms with Crippen molar-refractivity contribution in [3.8, 4) is 0 Å². The van der Waals surface area contributed by atoms with Gasteiger partial charge in [-0.05, 0) is 47.0 Å². The molecule has 0 aliphatic carbocycles. The molecule has 2 saturated heterocycles. The lowest BCUT2D eigenvalue weighted by Crippen LogP contribution is -2.58. The Morgan fingerprint density at radius 3 is 2.48 bits per heavy atom. The molecule has 0 aromatic carbocycles. The zero-order valence-corrected chi connectivity index (χ0v) is 17.4. The topological polar surface area (TPSA) is 122 Å². The standard InChI is InChI=1S/C19H29N3O7/c1-5-28-15(24)11-22-14(23)9-8-12(17(22)26)20-16(25)13-7-6-10-21(13)18(27)29-19(2,3)4/h12-13H,5-11H2,1-4H3,(H,20,25)/t12-,13-/m0/s1. The third-order valence-corrected chi connectivity index (χ3v) is 4.60. The largest absolute Gasteiger partial charge is 0.465 e. The molecule has 0 unspecified atom stereocenters. The molecule has 0 bridgehead atoms. The molecule has 0 aromatic rings. The summed E-state index contributed by atoms with van der Waals surface area (Å²) in [5, 5.41) is 2.63. The van der Waals surface area contributed by atoms with Crippen molar-refractivity contribution >= 4 is 29.8 Å². The lowest BCUT2D eigenvalue weighted by molar-refractivity contribution is -0.159. The monoisotopic (exact) mass is 411 g/mol. The van der Waals surface area contributed by atoms with E-state index in [2.05, 4.69) is 5.32 Å². The van der Waals surface area contributed by atoms with Gasteiger partial charge in [0.1, 0.15) is 24.2 Å².